The van der Waals surface area contributed by atoms with Gasteiger partial charge in [0.2, 0.25) is 0 Å². The molecule has 0 aliphatic carbocycles. The first-order chi connectivity index (χ1) is 27.2. The van der Waals surface area contributed by atoms with Crippen LogP contribution in [0.2, 0.25) is 0 Å². The van der Waals surface area contributed by atoms with Crippen LogP contribution in [-0.2, 0) is 46.5 Å². The van der Waals surface area contributed by atoms with Crippen molar-refractivity contribution in [3.05, 3.63) is 36.5 Å². The first kappa shape index (κ1) is 53.3. The van der Waals surface area contributed by atoms with Crippen LogP contribution in [0.5, 0.6) is 0 Å². The molecule has 1 rings (SSSR count). The third-order valence-electron chi connectivity index (χ3n) is 9.49. The molecule has 1 aliphatic rings. The molecule has 1 aliphatic heterocycles. The SMILES string of the molecule is CCCCC/C=C\C/C=C\C/C=C\CC1OC1CCCC(=O)OC[C@H](COP(=O)(O)OC[C@@H](O)COP(=O)(O)O)OC(=O)CCCCCCCCCCC(C)CC. The molecule has 6 atom stereocenters. The molecule has 332 valence electrons. The average molecular weight is 853 g/mol. The Bertz CT molecular complexity index is 1240. The van der Waals surface area contributed by atoms with E-state index in [0.717, 1.165) is 57.3 Å². The number of phosphoric acid groups is 2. The van der Waals surface area contributed by atoms with Crippen molar-refractivity contribution in [1.82, 2.24) is 0 Å². The van der Waals surface area contributed by atoms with E-state index in [0.29, 0.717) is 19.3 Å². The summed E-state index contributed by atoms with van der Waals surface area (Å²) in [6.07, 6.45) is 30.3. The van der Waals surface area contributed by atoms with Crippen molar-refractivity contribution in [2.45, 2.75) is 180 Å². The summed E-state index contributed by atoms with van der Waals surface area (Å²) in [5.74, 6) is -0.327. The Morgan fingerprint density at radius 3 is 1.95 bits per heavy atom. The summed E-state index contributed by atoms with van der Waals surface area (Å²) in [5.41, 5.74) is 0. The minimum absolute atomic E-state index is 0.0815. The summed E-state index contributed by atoms with van der Waals surface area (Å²) >= 11 is 0. The van der Waals surface area contributed by atoms with E-state index in [9.17, 15) is 28.7 Å². The van der Waals surface area contributed by atoms with Crippen molar-refractivity contribution in [3.63, 3.8) is 0 Å². The highest BCUT2D eigenvalue weighted by Gasteiger charge is 2.36. The summed E-state index contributed by atoms with van der Waals surface area (Å²) in [4.78, 5) is 52.7. The van der Waals surface area contributed by atoms with Gasteiger partial charge in [0.25, 0.3) is 0 Å². The zero-order chi connectivity index (χ0) is 42.2. The van der Waals surface area contributed by atoms with Gasteiger partial charge in [0, 0.05) is 12.8 Å². The molecular formula is C41H74O14P2. The lowest BCUT2D eigenvalue weighted by Gasteiger charge is -2.20. The van der Waals surface area contributed by atoms with E-state index in [1.165, 1.54) is 51.4 Å². The lowest BCUT2D eigenvalue weighted by atomic mass is 9.99. The van der Waals surface area contributed by atoms with Crippen molar-refractivity contribution < 1.29 is 66.3 Å². The van der Waals surface area contributed by atoms with Gasteiger partial charge in [-0.25, -0.2) is 9.13 Å². The maximum absolute atomic E-state index is 12.6. The number of ether oxygens (including phenoxy) is 3. The molecule has 1 saturated heterocycles. The van der Waals surface area contributed by atoms with Gasteiger partial charge >= 0.3 is 27.6 Å². The minimum Gasteiger partial charge on any atom is -0.462 e. The highest BCUT2D eigenvalue weighted by atomic mass is 31.2. The molecule has 1 heterocycles. The lowest BCUT2D eigenvalue weighted by Crippen LogP contribution is -2.30. The number of aliphatic hydroxyl groups is 1. The van der Waals surface area contributed by atoms with E-state index in [2.05, 4.69) is 66.3 Å². The summed E-state index contributed by atoms with van der Waals surface area (Å²) < 4.78 is 53.5. The van der Waals surface area contributed by atoms with Crippen LogP contribution in [-0.4, -0.2) is 82.6 Å². The van der Waals surface area contributed by atoms with Gasteiger partial charge in [0.1, 0.15) is 12.7 Å². The minimum atomic E-state index is -4.87. The van der Waals surface area contributed by atoms with E-state index < -0.39 is 66.2 Å². The Morgan fingerprint density at radius 2 is 1.28 bits per heavy atom. The highest BCUT2D eigenvalue weighted by Crippen LogP contribution is 2.44. The highest BCUT2D eigenvalue weighted by molar-refractivity contribution is 7.47. The zero-order valence-electron chi connectivity index (χ0n) is 34.8. The van der Waals surface area contributed by atoms with Crippen LogP contribution in [0.4, 0.5) is 0 Å². The van der Waals surface area contributed by atoms with Crippen LogP contribution in [0.3, 0.4) is 0 Å². The number of aliphatic hydroxyl groups excluding tert-OH is 1. The lowest BCUT2D eigenvalue weighted by molar-refractivity contribution is -0.161. The van der Waals surface area contributed by atoms with Crippen LogP contribution in [0.25, 0.3) is 0 Å². The van der Waals surface area contributed by atoms with Gasteiger partial charge in [-0.05, 0) is 57.3 Å². The van der Waals surface area contributed by atoms with Gasteiger partial charge in [-0.1, -0.05) is 128 Å². The second kappa shape index (κ2) is 33.1. The number of hydrogen-bond donors (Lipinski definition) is 4. The van der Waals surface area contributed by atoms with E-state index in [1.807, 2.05) is 0 Å². The molecule has 0 aromatic heterocycles. The third kappa shape index (κ3) is 33.8. The van der Waals surface area contributed by atoms with E-state index in [4.69, 9.17) is 28.5 Å². The summed E-state index contributed by atoms with van der Waals surface area (Å²) in [7, 11) is -9.69. The Balaban J connectivity index is 2.42. The number of unbranched alkanes of at least 4 members (excludes halogenated alkanes) is 10. The van der Waals surface area contributed by atoms with Crippen LogP contribution in [0, 0.1) is 5.92 Å². The first-order valence-corrected chi connectivity index (χ1v) is 24.2. The first-order valence-electron chi connectivity index (χ1n) is 21.2. The van der Waals surface area contributed by atoms with Crippen molar-refractivity contribution in [2.75, 3.05) is 26.4 Å². The fourth-order valence-corrected chi connectivity index (χ4v) is 6.92. The van der Waals surface area contributed by atoms with E-state index in [1.54, 1.807) is 0 Å². The Morgan fingerprint density at radius 1 is 0.684 bits per heavy atom. The summed E-state index contributed by atoms with van der Waals surface area (Å²) in [6, 6.07) is 0. The number of hydrogen-bond acceptors (Lipinski definition) is 11. The fraction of sp³-hybridized carbons (Fsp3) is 0.805. The topological polar surface area (TPSA) is 208 Å². The molecule has 16 heteroatoms. The van der Waals surface area contributed by atoms with Crippen molar-refractivity contribution >= 4 is 27.6 Å². The van der Waals surface area contributed by atoms with Gasteiger partial charge < -0.3 is 34.0 Å². The molecule has 0 aromatic rings. The number of esters is 2. The second-order valence-corrected chi connectivity index (χ2v) is 17.6. The Hall–Kier alpha value is -1.70. The number of carbonyl (C=O) groups excluding carboxylic acids is 2. The van der Waals surface area contributed by atoms with Gasteiger partial charge in [0.05, 0.1) is 32.0 Å². The summed E-state index contributed by atoms with van der Waals surface area (Å²) in [5, 5.41) is 9.74. The second-order valence-electron chi connectivity index (χ2n) is 14.9. The maximum Gasteiger partial charge on any atom is 0.472 e. The van der Waals surface area contributed by atoms with E-state index >= 15 is 0 Å². The Labute approximate surface area is 342 Å². The smallest absolute Gasteiger partial charge is 0.462 e. The van der Waals surface area contributed by atoms with Gasteiger partial charge in [-0.3, -0.25) is 23.2 Å². The normalized spacial score (nSPS) is 18.6. The van der Waals surface area contributed by atoms with Crippen molar-refractivity contribution in [1.29, 1.82) is 0 Å². The molecule has 0 bridgehead atoms. The Kier molecular flexibility index (Phi) is 30.9. The molecule has 57 heavy (non-hydrogen) atoms. The third-order valence-corrected chi connectivity index (χ3v) is 10.9. The molecular weight excluding hydrogens is 778 g/mol. The van der Waals surface area contributed by atoms with Gasteiger partial charge in [-0.2, -0.15) is 0 Å². The van der Waals surface area contributed by atoms with Crippen molar-refractivity contribution in [2.24, 2.45) is 5.92 Å². The predicted molar refractivity (Wildman–Crippen MR) is 220 cm³/mol. The average Bonchev–Trinajstić information content (AvgIpc) is 3.92. The standard InChI is InChI=1S/C41H74O14P2/c1-4-6-7-8-9-10-11-12-13-17-20-23-27-38-39(55-38)28-25-30-40(43)50-33-37(34-53-57(48,49)52-32-36(42)31-51-56(45,46)47)54-41(44)29-24-21-18-15-14-16-19-22-26-35(3)5-2/h9-10,12-13,20,23,35-39,42H,4-8,11,14-19,21-22,24-34H2,1-3H3,(H,48,49)(H2,45,46,47)/b10-9-,13-12-,23-20-/t35?,36-,37+,38?,39?/m0/s1. The van der Waals surface area contributed by atoms with E-state index in [-0.39, 0.29) is 25.0 Å². The van der Waals surface area contributed by atoms with Crippen LogP contribution in [0.15, 0.2) is 36.5 Å². The molecule has 0 aromatic carbocycles. The number of phosphoric ester groups is 2. The van der Waals surface area contributed by atoms with Crippen molar-refractivity contribution in [3.8, 4) is 0 Å². The number of rotatable bonds is 38. The monoisotopic (exact) mass is 852 g/mol. The fourth-order valence-electron chi connectivity index (χ4n) is 5.76. The molecule has 0 amide bonds. The number of carbonyl (C=O) groups is 2. The van der Waals surface area contributed by atoms with Crippen LogP contribution < -0.4 is 0 Å². The maximum atomic E-state index is 12.6. The molecule has 1 fully saturated rings. The molecule has 0 radical (unpaired) electrons. The van der Waals surface area contributed by atoms with Crippen LogP contribution >= 0.6 is 15.6 Å². The molecule has 4 unspecified atom stereocenters. The zero-order valence-corrected chi connectivity index (χ0v) is 36.6. The molecule has 0 saturated carbocycles. The van der Waals surface area contributed by atoms with Gasteiger partial charge in [-0.15, -0.1) is 0 Å². The largest absolute Gasteiger partial charge is 0.472 e. The quantitative estimate of drug-likeness (QED) is 0.0150. The predicted octanol–water partition coefficient (Wildman–Crippen LogP) is 9.35. The number of allylic oxidation sites excluding steroid dienone is 5. The number of epoxide rings is 1. The molecule has 0 spiro atoms. The van der Waals surface area contributed by atoms with Crippen LogP contribution in [0.1, 0.15) is 156 Å². The molecule has 4 N–H and O–H groups in total. The van der Waals surface area contributed by atoms with Gasteiger partial charge in [0.15, 0.2) is 6.10 Å². The molecule has 14 nitrogen and oxygen atoms in total. The summed E-state index contributed by atoms with van der Waals surface area (Å²) in [6.45, 7) is 3.93.